The van der Waals surface area contributed by atoms with Gasteiger partial charge in [-0.05, 0) is 23.5 Å². The van der Waals surface area contributed by atoms with E-state index in [1.807, 2.05) is 48.5 Å². The van der Waals surface area contributed by atoms with Crippen LogP contribution in [-0.4, -0.2) is 5.91 Å². The quantitative estimate of drug-likeness (QED) is 0.846. The van der Waals surface area contributed by atoms with Gasteiger partial charge in [0.2, 0.25) is 5.91 Å². The van der Waals surface area contributed by atoms with Gasteiger partial charge in [0.25, 0.3) is 0 Å². The lowest BCUT2D eigenvalue weighted by Crippen LogP contribution is -2.25. The van der Waals surface area contributed by atoms with Gasteiger partial charge in [0.15, 0.2) is 0 Å². The molecule has 3 rings (SSSR count). The first-order chi connectivity index (χ1) is 9.84. The summed E-state index contributed by atoms with van der Waals surface area (Å²) in [5, 5.41) is 0. The van der Waals surface area contributed by atoms with Crippen molar-refractivity contribution in [3.8, 4) is 0 Å². The van der Waals surface area contributed by atoms with Crippen molar-refractivity contribution in [2.45, 2.75) is 18.9 Å². The molecule has 0 bridgehead atoms. The molecule has 2 aromatic carbocycles. The van der Waals surface area contributed by atoms with E-state index in [-0.39, 0.29) is 11.8 Å². The summed E-state index contributed by atoms with van der Waals surface area (Å²) in [5.41, 5.74) is 4.83. The van der Waals surface area contributed by atoms with Crippen molar-refractivity contribution in [1.82, 2.24) is 5.48 Å². The molecule has 0 saturated heterocycles. The van der Waals surface area contributed by atoms with Gasteiger partial charge >= 0.3 is 0 Å². The Morgan fingerprint density at radius 3 is 2.40 bits per heavy atom. The molecule has 1 aliphatic rings. The van der Waals surface area contributed by atoms with Crippen molar-refractivity contribution in [2.24, 2.45) is 5.92 Å². The van der Waals surface area contributed by atoms with Crippen molar-refractivity contribution in [3.63, 3.8) is 0 Å². The van der Waals surface area contributed by atoms with E-state index in [0.717, 1.165) is 12.0 Å². The Morgan fingerprint density at radius 1 is 1.05 bits per heavy atom. The maximum atomic E-state index is 11.9. The predicted octanol–water partition coefficient (Wildman–Crippen LogP) is 3.04. The maximum Gasteiger partial charge on any atom is 0.247 e. The van der Waals surface area contributed by atoms with Crippen LogP contribution >= 0.6 is 0 Å². The minimum Gasteiger partial charge on any atom is -0.272 e. The van der Waals surface area contributed by atoms with Crippen LogP contribution in [0, 0.1) is 5.92 Å². The van der Waals surface area contributed by atoms with Crippen LogP contribution in [0.2, 0.25) is 0 Å². The summed E-state index contributed by atoms with van der Waals surface area (Å²) < 4.78 is 0. The molecule has 2 atom stereocenters. The molecule has 102 valence electrons. The third-order valence-electron chi connectivity index (χ3n) is 3.61. The Morgan fingerprint density at radius 2 is 1.70 bits per heavy atom. The maximum absolute atomic E-state index is 11.9. The summed E-state index contributed by atoms with van der Waals surface area (Å²) in [4.78, 5) is 17.2. The number of hydrogen-bond acceptors (Lipinski definition) is 2. The number of benzene rings is 2. The fourth-order valence-electron chi connectivity index (χ4n) is 2.39. The van der Waals surface area contributed by atoms with Gasteiger partial charge in [0.05, 0.1) is 6.61 Å². The van der Waals surface area contributed by atoms with Gasteiger partial charge < -0.3 is 0 Å². The molecule has 0 radical (unpaired) electrons. The molecule has 3 heteroatoms. The zero-order chi connectivity index (χ0) is 13.8. The lowest BCUT2D eigenvalue weighted by Gasteiger charge is -2.05. The molecule has 2 aromatic rings. The lowest BCUT2D eigenvalue weighted by molar-refractivity contribution is -0.136. The normalized spacial score (nSPS) is 20.4. The van der Waals surface area contributed by atoms with Gasteiger partial charge in [-0.3, -0.25) is 9.63 Å². The van der Waals surface area contributed by atoms with E-state index in [1.54, 1.807) is 0 Å². The van der Waals surface area contributed by atoms with E-state index in [2.05, 4.69) is 17.6 Å². The van der Waals surface area contributed by atoms with Gasteiger partial charge in [-0.1, -0.05) is 60.7 Å². The first-order valence-corrected chi connectivity index (χ1v) is 6.85. The van der Waals surface area contributed by atoms with Gasteiger partial charge in [0, 0.05) is 5.92 Å². The molecule has 0 spiro atoms. The summed E-state index contributed by atoms with van der Waals surface area (Å²) in [5.74, 6) is 0.375. The van der Waals surface area contributed by atoms with E-state index in [9.17, 15) is 4.79 Å². The predicted molar refractivity (Wildman–Crippen MR) is 76.7 cm³/mol. The number of amides is 1. The Hall–Kier alpha value is -2.13. The van der Waals surface area contributed by atoms with Crippen molar-refractivity contribution >= 4 is 5.91 Å². The number of hydrogen-bond donors (Lipinski definition) is 1. The zero-order valence-electron chi connectivity index (χ0n) is 11.2. The molecule has 1 saturated carbocycles. The van der Waals surface area contributed by atoms with E-state index in [1.165, 1.54) is 5.56 Å². The number of nitrogens with one attached hydrogen (secondary N) is 1. The number of hydroxylamine groups is 1. The average molecular weight is 267 g/mol. The molecule has 1 aliphatic carbocycles. The van der Waals surface area contributed by atoms with Gasteiger partial charge in [-0.15, -0.1) is 0 Å². The topological polar surface area (TPSA) is 38.3 Å². The first-order valence-electron chi connectivity index (χ1n) is 6.85. The standard InChI is InChI=1S/C17H17NO2/c19-17(18-20-12-13-7-3-1-4-8-13)16-11-15(16)14-9-5-2-6-10-14/h1-10,15-16H,11-12H2,(H,18,19). The van der Waals surface area contributed by atoms with Gasteiger partial charge in [-0.2, -0.15) is 0 Å². The third kappa shape index (κ3) is 3.06. The van der Waals surface area contributed by atoms with Crippen LogP contribution in [0.15, 0.2) is 60.7 Å². The van der Waals surface area contributed by atoms with Gasteiger partial charge in [0.1, 0.15) is 0 Å². The van der Waals surface area contributed by atoms with Gasteiger partial charge in [-0.25, -0.2) is 5.48 Å². The lowest BCUT2D eigenvalue weighted by atomic mass is 10.1. The van der Waals surface area contributed by atoms with Crippen molar-refractivity contribution in [2.75, 3.05) is 0 Å². The van der Waals surface area contributed by atoms with Crippen LogP contribution in [0.1, 0.15) is 23.5 Å². The summed E-state index contributed by atoms with van der Waals surface area (Å²) in [6, 6.07) is 19.9. The fourth-order valence-corrected chi connectivity index (χ4v) is 2.39. The highest BCUT2D eigenvalue weighted by Crippen LogP contribution is 2.47. The minimum absolute atomic E-state index is 0.0187. The summed E-state index contributed by atoms with van der Waals surface area (Å²) in [6.45, 7) is 0.398. The second-order valence-electron chi connectivity index (χ2n) is 5.10. The highest BCUT2D eigenvalue weighted by molar-refractivity contribution is 5.81. The fraction of sp³-hybridized carbons (Fsp3) is 0.235. The molecule has 3 nitrogen and oxygen atoms in total. The minimum atomic E-state index is -0.0187. The number of carbonyl (C=O) groups is 1. The first kappa shape index (κ1) is 12.9. The van der Waals surface area contributed by atoms with Crippen LogP contribution < -0.4 is 5.48 Å². The highest BCUT2D eigenvalue weighted by atomic mass is 16.6. The Labute approximate surface area is 118 Å². The monoisotopic (exact) mass is 267 g/mol. The average Bonchev–Trinajstić information content (AvgIpc) is 3.30. The zero-order valence-corrected chi connectivity index (χ0v) is 11.2. The van der Waals surface area contributed by atoms with Crippen LogP contribution in [-0.2, 0) is 16.2 Å². The van der Waals surface area contributed by atoms with Crippen molar-refractivity contribution in [3.05, 3.63) is 71.8 Å². The van der Waals surface area contributed by atoms with Crippen LogP contribution in [0.25, 0.3) is 0 Å². The molecular weight excluding hydrogens is 250 g/mol. The summed E-state index contributed by atoms with van der Waals surface area (Å²) >= 11 is 0. The molecule has 0 aromatic heterocycles. The summed E-state index contributed by atoms with van der Waals surface area (Å²) in [7, 11) is 0. The molecule has 2 unspecified atom stereocenters. The smallest absolute Gasteiger partial charge is 0.247 e. The van der Waals surface area contributed by atoms with Crippen molar-refractivity contribution in [1.29, 1.82) is 0 Å². The van der Waals surface area contributed by atoms with Crippen molar-refractivity contribution < 1.29 is 9.63 Å². The molecule has 20 heavy (non-hydrogen) atoms. The van der Waals surface area contributed by atoms with E-state index in [4.69, 9.17) is 4.84 Å². The Kier molecular flexibility index (Phi) is 3.79. The Bertz CT molecular complexity index is 568. The van der Waals surface area contributed by atoms with E-state index >= 15 is 0 Å². The Balaban J connectivity index is 1.45. The SMILES string of the molecule is O=C(NOCc1ccccc1)C1CC1c1ccccc1. The third-order valence-corrected chi connectivity index (χ3v) is 3.61. The van der Waals surface area contributed by atoms with E-state index in [0.29, 0.717) is 12.5 Å². The molecule has 0 aliphatic heterocycles. The van der Waals surface area contributed by atoms with Crippen LogP contribution in [0.3, 0.4) is 0 Å². The summed E-state index contributed by atoms with van der Waals surface area (Å²) in [6.07, 6.45) is 0.907. The van der Waals surface area contributed by atoms with Crippen LogP contribution in [0.5, 0.6) is 0 Å². The highest BCUT2D eigenvalue weighted by Gasteiger charge is 2.43. The molecule has 1 N–H and O–H groups in total. The number of carbonyl (C=O) groups excluding carboxylic acids is 1. The number of rotatable bonds is 5. The van der Waals surface area contributed by atoms with E-state index < -0.39 is 0 Å². The second-order valence-corrected chi connectivity index (χ2v) is 5.10. The largest absolute Gasteiger partial charge is 0.272 e. The molecule has 1 fully saturated rings. The van der Waals surface area contributed by atoms with Crippen LogP contribution in [0.4, 0.5) is 0 Å². The molecule has 0 heterocycles. The molecular formula is C17H17NO2. The second kappa shape index (κ2) is 5.88. The molecule has 1 amide bonds.